The highest BCUT2D eigenvalue weighted by Crippen LogP contribution is 2.16. The molecule has 0 bridgehead atoms. The molecule has 0 spiro atoms. The van der Waals surface area contributed by atoms with Crippen LogP contribution >= 0.6 is 0 Å². The van der Waals surface area contributed by atoms with Crippen LogP contribution in [0, 0.1) is 0 Å². The van der Waals surface area contributed by atoms with Crippen LogP contribution in [0.2, 0.25) is 0 Å². The van der Waals surface area contributed by atoms with Crippen LogP contribution < -0.4 is 16.4 Å². The van der Waals surface area contributed by atoms with Crippen LogP contribution in [0.4, 0.5) is 11.4 Å². The molecule has 0 fully saturated rings. The molecular weight excluding hydrogens is 268 g/mol. The molecule has 21 heavy (non-hydrogen) atoms. The van der Waals surface area contributed by atoms with E-state index in [0.29, 0.717) is 30.8 Å². The number of amides is 2. The third kappa shape index (κ3) is 6.76. The smallest absolute Gasteiger partial charge is 0.224 e. The number of rotatable bonds is 8. The maximum absolute atomic E-state index is 11.8. The van der Waals surface area contributed by atoms with Crippen molar-refractivity contribution < 1.29 is 9.59 Å². The lowest BCUT2D eigenvalue weighted by Gasteiger charge is -2.15. The zero-order valence-corrected chi connectivity index (χ0v) is 12.7. The van der Waals surface area contributed by atoms with Gasteiger partial charge < -0.3 is 21.3 Å². The number of nitrogen functional groups attached to an aromatic ring is 1. The van der Waals surface area contributed by atoms with Crippen molar-refractivity contribution in [1.29, 1.82) is 0 Å². The second kappa shape index (κ2) is 8.97. The van der Waals surface area contributed by atoms with Gasteiger partial charge >= 0.3 is 0 Å². The highest BCUT2D eigenvalue weighted by Gasteiger charge is 2.06. The molecule has 0 aliphatic heterocycles. The number of nitrogens with zero attached hydrogens (tertiary/aromatic N) is 1. The van der Waals surface area contributed by atoms with Crippen molar-refractivity contribution in [1.82, 2.24) is 10.2 Å². The van der Waals surface area contributed by atoms with Crippen LogP contribution in [0.3, 0.4) is 0 Å². The molecule has 0 aliphatic carbocycles. The Labute approximate surface area is 125 Å². The van der Waals surface area contributed by atoms with E-state index in [2.05, 4.69) is 10.6 Å². The van der Waals surface area contributed by atoms with Crippen molar-refractivity contribution >= 4 is 23.2 Å². The summed E-state index contributed by atoms with van der Waals surface area (Å²) in [5.74, 6) is -0.0215. The molecule has 4 N–H and O–H groups in total. The third-order valence-corrected chi connectivity index (χ3v) is 3.18. The Morgan fingerprint density at radius 2 is 1.86 bits per heavy atom. The quantitative estimate of drug-likeness (QED) is 0.625. The minimum atomic E-state index is -0.0485. The van der Waals surface area contributed by atoms with Crippen molar-refractivity contribution in [2.24, 2.45) is 0 Å². The number of hydrogen-bond donors (Lipinski definition) is 3. The first-order chi connectivity index (χ1) is 10.0. The number of carbonyl (C=O) groups is 2. The summed E-state index contributed by atoms with van der Waals surface area (Å²) in [5.41, 5.74) is 6.98. The predicted octanol–water partition coefficient (Wildman–Crippen LogP) is 1.06. The molecule has 0 saturated heterocycles. The zero-order valence-electron chi connectivity index (χ0n) is 12.7. The molecule has 0 atom stereocenters. The summed E-state index contributed by atoms with van der Waals surface area (Å²) in [7, 11) is 3.57. The standard InChI is InChI=1S/C15H24N4O2/c1-17-14(20)9-11-19(2)10-5-8-15(21)18-13-7-4-3-6-12(13)16/h3-4,6-7H,5,8-11,16H2,1-2H3,(H,17,20)(H,18,21). The Hall–Kier alpha value is -2.08. The highest BCUT2D eigenvalue weighted by molar-refractivity contribution is 5.93. The van der Waals surface area contributed by atoms with Gasteiger partial charge in [0, 0.05) is 26.4 Å². The summed E-state index contributed by atoms with van der Waals surface area (Å²) in [5, 5.41) is 5.38. The lowest BCUT2D eigenvalue weighted by atomic mass is 10.2. The second-order valence-electron chi connectivity index (χ2n) is 4.97. The summed E-state index contributed by atoms with van der Waals surface area (Å²) in [4.78, 5) is 25.0. The van der Waals surface area contributed by atoms with E-state index in [-0.39, 0.29) is 11.8 Å². The van der Waals surface area contributed by atoms with Gasteiger partial charge in [-0.25, -0.2) is 0 Å². The van der Waals surface area contributed by atoms with Gasteiger partial charge in [0.25, 0.3) is 0 Å². The van der Waals surface area contributed by atoms with Crippen LogP contribution in [0.1, 0.15) is 19.3 Å². The van der Waals surface area contributed by atoms with Gasteiger partial charge in [0.2, 0.25) is 11.8 Å². The van der Waals surface area contributed by atoms with Crippen LogP contribution in [-0.4, -0.2) is 43.9 Å². The number of benzene rings is 1. The first-order valence-corrected chi connectivity index (χ1v) is 7.06. The largest absolute Gasteiger partial charge is 0.397 e. The van der Waals surface area contributed by atoms with Gasteiger partial charge in [-0.1, -0.05) is 12.1 Å². The number of nitrogens with two attached hydrogens (primary N) is 1. The molecular formula is C15H24N4O2. The number of anilines is 2. The Bertz CT molecular complexity index is 476. The molecule has 0 saturated carbocycles. The van der Waals surface area contributed by atoms with Crippen LogP contribution in [-0.2, 0) is 9.59 Å². The van der Waals surface area contributed by atoms with Crippen LogP contribution in [0.25, 0.3) is 0 Å². The summed E-state index contributed by atoms with van der Waals surface area (Å²) in [6.45, 7) is 1.46. The number of carbonyl (C=O) groups excluding carboxylic acids is 2. The van der Waals surface area contributed by atoms with Crippen molar-refractivity contribution in [2.45, 2.75) is 19.3 Å². The van der Waals surface area contributed by atoms with E-state index < -0.39 is 0 Å². The summed E-state index contributed by atoms with van der Waals surface area (Å²) < 4.78 is 0. The van der Waals surface area contributed by atoms with E-state index in [0.717, 1.165) is 13.0 Å². The SMILES string of the molecule is CNC(=O)CCN(C)CCCC(=O)Nc1ccccc1N. The minimum Gasteiger partial charge on any atom is -0.397 e. The van der Waals surface area contributed by atoms with E-state index in [1.807, 2.05) is 24.1 Å². The van der Waals surface area contributed by atoms with Crippen molar-refractivity contribution in [2.75, 3.05) is 38.2 Å². The van der Waals surface area contributed by atoms with Crippen molar-refractivity contribution in [3.8, 4) is 0 Å². The molecule has 6 heteroatoms. The first kappa shape index (κ1) is 17.0. The van der Waals surface area contributed by atoms with E-state index in [9.17, 15) is 9.59 Å². The number of hydrogen-bond acceptors (Lipinski definition) is 4. The topological polar surface area (TPSA) is 87.5 Å². The van der Waals surface area contributed by atoms with Gasteiger partial charge in [-0.05, 0) is 32.1 Å². The van der Waals surface area contributed by atoms with E-state index in [1.54, 1.807) is 19.2 Å². The number of nitrogens with one attached hydrogen (secondary N) is 2. The second-order valence-corrected chi connectivity index (χ2v) is 4.97. The van der Waals surface area contributed by atoms with Gasteiger partial charge in [0.05, 0.1) is 11.4 Å². The summed E-state index contributed by atoms with van der Waals surface area (Å²) in [6, 6.07) is 7.19. The molecule has 1 aromatic carbocycles. The molecule has 0 aromatic heterocycles. The Morgan fingerprint density at radius 1 is 1.14 bits per heavy atom. The maximum Gasteiger partial charge on any atom is 0.224 e. The Balaban J connectivity index is 2.22. The molecule has 0 aliphatic rings. The molecule has 0 unspecified atom stereocenters. The first-order valence-electron chi connectivity index (χ1n) is 7.06. The van der Waals surface area contributed by atoms with Gasteiger partial charge in [-0.2, -0.15) is 0 Å². The fraction of sp³-hybridized carbons (Fsp3) is 0.467. The summed E-state index contributed by atoms with van der Waals surface area (Å²) in [6.07, 6.45) is 1.64. The van der Waals surface area contributed by atoms with Crippen molar-refractivity contribution in [3.63, 3.8) is 0 Å². The number of para-hydroxylation sites is 2. The molecule has 2 amide bonds. The average Bonchev–Trinajstić information content (AvgIpc) is 2.47. The van der Waals surface area contributed by atoms with Crippen LogP contribution in [0.15, 0.2) is 24.3 Å². The monoisotopic (exact) mass is 292 g/mol. The molecule has 1 rings (SSSR count). The lowest BCUT2D eigenvalue weighted by molar-refractivity contribution is -0.121. The lowest BCUT2D eigenvalue weighted by Crippen LogP contribution is -2.27. The van der Waals surface area contributed by atoms with Gasteiger partial charge in [-0.3, -0.25) is 9.59 Å². The Kier molecular flexibility index (Phi) is 7.25. The van der Waals surface area contributed by atoms with E-state index in [1.165, 1.54) is 0 Å². The summed E-state index contributed by atoms with van der Waals surface area (Å²) >= 11 is 0. The van der Waals surface area contributed by atoms with E-state index in [4.69, 9.17) is 5.73 Å². The van der Waals surface area contributed by atoms with Gasteiger partial charge in [-0.15, -0.1) is 0 Å². The molecule has 1 aromatic rings. The minimum absolute atomic E-state index is 0.0270. The fourth-order valence-corrected chi connectivity index (χ4v) is 1.86. The predicted molar refractivity (Wildman–Crippen MR) is 84.9 cm³/mol. The normalized spacial score (nSPS) is 10.4. The highest BCUT2D eigenvalue weighted by atomic mass is 16.2. The third-order valence-electron chi connectivity index (χ3n) is 3.18. The molecule has 116 valence electrons. The van der Waals surface area contributed by atoms with Gasteiger partial charge in [0.1, 0.15) is 0 Å². The van der Waals surface area contributed by atoms with Crippen LogP contribution in [0.5, 0.6) is 0 Å². The molecule has 0 heterocycles. The Morgan fingerprint density at radius 3 is 2.52 bits per heavy atom. The van der Waals surface area contributed by atoms with Gasteiger partial charge in [0.15, 0.2) is 0 Å². The fourth-order valence-electron chi connectivity index (χ4n) is 1.86. The average molecular weight is 292 g/mol. The molecule has 6 nitrogen and oxygen atoms in total. The van der Waals surface area contributed by atoms with Crippen molar-refractivity contribution in [3.05, 3.63) is 24.3 Å². The van der Waals surface area contributed by atoms with E-state index >= 15 is 0 Å². The molecule has 0 radical (unpaired) electrons. The zero-order chi connectivity index (χ0) is 15.7. The maximum atomic E-state index is 11.8.